The first kappa shape index (κ1) is 10.4. The average molecular weight is 189 g/mol. The second kappa shape index (κ2) is 4.05. The first-order chi connectivity index (χ1) is 6.02. The molecule has 0 aromatic rings. The summed E-state index contributed by atoms with van der Waals surface area (Å²) in [5, 5.41) is 9.10. The molecule has 0 aliphatic carbocycles. The van der Waals surface area contributed by atoms with E-state index < -0.39 is 12.3 Å². The van der Waals surface area contributed by atoms with Crippen LogP contribution in [0.5, 0.6) is 0 Å². The highest BCUT2D eigenvalue weighted by Crippen LogP contribution is 2.15. The summed E-state index contributed by atoms with van der Waals surface area (Å²) in [6.07, 6.45) is -1.83. The molecule has 1 saturated heterocycles. The van der Waals surface area contributed by atoms with Crippen LogP contribution in [0.1, 0.15) is 20.3 Å². The average Bonchev–Trinajstić information content (AvgIpc) is 2.08. The lowest BCUT2D eigenvalue weighted by molar-refractivity contribution is -0.138. The number of aliphatic hydroxyl groups is 1. The van der Waals surface area contributed by atoms with Crippen LogP contribution < -0.4 is 0 Å². The zero-order valence-corrected chi connectivity index (χ0v) is 8.03. The molecule has 13 heavy (non-hydrogen) atoms. The quantitative estimate of drug-likeness (QED) is 0.655. The molecule has 1 aliphatic rings. The predicted molar refractivity (Wildman–Crippen MR) is 46.9 cm³/mol. The molecule has 0 radical (unpaired) electrons. The van der Waals surface area contributed by atoms with Gasteiger partial charge < -0.3 is 10.0 Å². The second-order valence-corrected chi connectivity index (χ2v) is 3.81. The molecule has 1 fully saturated rings. The van der Waals surface area contributed by atoms with Gasteiger partial charge in [-0.05, 0) is 6.42 Å². The number of hydrogen-bond donors (Lipinski definition) is 1. The van der Waals surface area contributed by atoms with Gasteiger partial charge in [0.2, 0.25) is 5.91 Å². The number of likely N-dealkylation sites (tertiary alicyclic amines) is 1. The van der Waals surface area contributed by atoms with Crippen molar-refractivity contribution in [2.24, 2.45) is 5.92 Å². The van der Waals surface area contributed by atoms with Gasteiger partial charge in [-0.2, -0.15) is 0 Å². The molecule has 0 aromatic carbocycles. The number of alkyl halides is 1. The molecule has 0 saturated carbocycles. The Labute approximate surface area is 77.5 Å². The standard InChI is InChI=1S/C9H16FNO2/c1-6(2)9(13)11-4-3-8(12)7(10)5-11/h6-8,12H,3-5H2,1-2H3/t7-,8+/m0/s1. The van der Waals surface area contributed by atoms with Gasteiger partial charge in [0, 0.05) is 12.5 Å². The topological polar surface area (TPSA) is 40.5 Å². The van der Waals surface area contributed by atoms with E-state index in [0.29, 0.717) is 13.0 Å². The SMILES string of the molecule is CC(C)C(=O)N1CC[C@@H](O)[C@@H](F)C1. The zero-order valence-electron chi connectivity index (χ0n) is 8.03. The molecule has 1 rings (SSSR count). The Balaban J connectivity index is 2.50. The van der Waals surface area contributed by atoms with Crippen LogP contribution in [0.4, 0.5) is 4.39 Å². The summed E-state index contributed by atoms with van der Waals surface area (Å²) in [5.41, 5.74) is 0. The molecule has 0 aromatic heterocycles. The monoisotopic (exact) mass is 189 g/mol. The molecule has 1 heterocycles. The smallest absolute Gasteiger partial charge is 0.225 e. The van der Waals surface area contributed by atoms with Crippen LogP contribution in [0.2, 0.25) is 0 Å². The number of carbonyl (C=O) groups excluding carboxylic acids is 1. The Hall–Kier alpha value is -0.640. The summed E-state index contributed by atoms with van der Waals surface area (Å²) in [6.45, 7) is 4.10. The summed E-state index contributed by atoms with van der Waals surface area (Å²) >= 11 is 0. The summed E-state index contributed by atoms with van der Waals surface area (Å²) in [6, 6.07) is 0. The fraction of sp³-hybridized carbons (Fsp3) is 0.889. The van der Waals surface area contributed by atoms with Crippen molar-refractivity contribution in [3.8, 4) is 0 Å². The van der Waals surface area contributed by atoms with E-state index in [9.17, 15) is 9.18 Å². The second-order valence-electron chi connectivity index (χ2n) is 3.81. The van der Waals surface area contributed by atoms with Crippen molar-refractivity contribution < 1.29 is 14.3 Å². The number of rotatable bonds is 1. The highest BCUT2D eigenvalue weighted by molar-refractivity contribution is 5.78. The number of piperidine rings is 1. The van der Waals surface area contributed by atoms with Gasteiger partial charge in [-0.25, -0.2) is 4.39 Å². The maximum absolute atomic E-state index is 13.0. The van der Waals surface area contributed by atoms with Crippen molar-refractivity contribution in [3.63, 3.8) is 0 Å². The number of carbonyl (C=O) groups is 1. The fourth-order valence-electron chi connectivity index (χ4n) is 1.46. The Bertz CT molecular complexity index is 196. The van der Waals surface area contributed by atoms with E-state index in [1.807, 2.05) is 0 Å². The van der Waals surface area contributed by atoms with Crippen molar-refractivity contribution in [2.75, 3.05) is 13.1 Å². The van der Waals surface area contributed by atoms with Crippen molar-refractivity contribution in [1.29, 1.82) is 0 Å². The molecule has 0 spiro atoms. The van der Waals surface area contributed by atoms with Crippen molar-refractivity contribution in [3.05, 3.63) is 0 Å². The van der Waals surface area contributed by atoms with Gasteiger partial charge in [0.05, 0.1) is 12.6 Å². The predicted octanol–water partition coefficient (Wildman–Crippen LogP) is 0.574. The van der Waals surface area contributed by atoms with Crippen LogP contribution in [0.25, 0.3) is 0 Å². The van der Waals surface area contributed by atoms with E-state index in [4.69, 9.17) is 5.11 Å². The number of halogens is 1. The first-order valence-electron chi connectivity index (χ1n) is 4.63. The Morgan fingerprint density at radius 3 is 2.69 bits per heavy atom. The lowest BCUT2D eigenvalue weighted by atomic mass is 10.0. The first-order valence-corrected chi connectivity index (χ1v) is 4.63. The highest BCUT2D eigenvalue weighted by Gasteiger charge is 2.30. The van der Waals surface area contributed by atoms with Crippen molar-refractivity contribution in [1.82, 2.24) is 4.90 Å². The third kappa shape index (κ3) is 2.40. The minimum atomic E-state index is -1.28. The van der Waals surface area contributed by atoms with Crippen molar-refractivity contribution in [2.45, 2.75) is 32.5 Å². The largest absolute Gasteiger partial charge is 0.390 e. The van der Waals surface area contributed by atoms with E-state index >= 15 is 0 Å². The minimum Gasteiger partial charge on any atom is -0.390 e. The maximum atomic E-state index is 13.0. The zero-order chi connectivity index (χ0) is 10.0. The van der Waals surface area contributed by atoms with E-state index in [-0.39, 0.29) is 18.4 Å². The molecular weight excluding hydrogens is 173 g/mol. The lowest BCUT2D eigenvalue weighted by Gasteiger charge is -2.33. The fourth-order valence-corrected chi connectivity index (χ4v) is 1.46. The molecule has 4 heteroatoms. The van der Waals surface area contributed by atoms with Crippen LogP contribution in [-0.2, 0) is 4.79 Å². The van der Waals surface area contributed by atoms with Gasteiger partial charge in [0.1, 0.15) is 6.17 Å². The molecule has 2 atom stereocenters. The minimum absolute atomic E-state index is 0.0328. The van der Waals surface area contributed by atoms with E-state index in [1.165, 1.54) is 4.90 Å². The maximum Gasteiger partial charge on any atom is 0.225 e. The summed E-state index contributed by atoms with van der Waals surface area (Å²) in [7, 11) is 0. The number of amides is 1. The van der Waals surface area contributed by atoms with Crippen LogP contribution in [0.3, 0.4) is 0 Å². The number of aliphatic hydroxyl groups excluding tert-OH is 1. The van der Waals surface area contributed by atoms with Crippen LogP contribution in [0.15, 0.2) is 0 Å². The molecule has 3 nitrogen and oxygen atoms in total. The van der Waals surface area contributed by atoms with Gasteiger partial charge in [0.15, 0.2) is 0 Å². The third-order valence-corrected chi connectivity index (χ3v) is 2.31. The Kier molecular flexibility index (Phi) is 3.25. The van der Waals surface area contributed by atoms with E-state index in [0.717, 1.165) is 0 Å². The molecule has 1 aliphatic heterocycles. The molecule has 1 N–H and O–H groups in total. The molecule has 76 valence electrons. The van der Waals surface area contributed by atoms with Gasteiger partial charge >= 0.3 is 0 Å². The van der Waals surface area contributed by atoms with Gasteiger partial charge in [-0.3, -0.25) is 4.79 Å². The van der Waals surface area contributed by atoms with Crippen LogP contribution >= 0.6 is 0 Å². The summed E-state index contributed by atoms with van der Waals surface area (Å²) < 4.78 is 13.0. The van der Waals surface area contributed by atoms with Gasteiger partial charge in [-0.1, -0.05) is 13.8 Å². The molecule has 0 bridgehead atoms. The van der Waals surface area contributed by atoms with E-state index in [2.05, 4.69) is 0 Å². The Morgan fingerprint density at radius 1 is 1.62 bits per heavy atom. The third-order valence-electron chi connectivity index (χ3n) is 2.31. The number of nitrogens with zero attached hydrogens (tertiary/aromatic N) is 1. The summed E-state index contributed by atoms with van der Waals surface area (Å²) in [4.78, 5) is 12.9. The highest BCUT2D eigenvalue weighted by atomic mass is 19.1. The normalized spacial score (nSPS) is 29.5. The Morgan fingerprint density at radius 2 is 2.23 bits per heavy atom. The molecular formula is C9H16FNO2. The van der Waals surface area contributed by atoms with Crippen LogP contribution in [-0.4, -0.2) is 41.3 Å². The lowest BCUT2D eigenvalue weighted by Crippen LogP contribution is -2.48. The van der Waals surface area contributed by atoms with Gasteiger partial charge in [0.25, 0.3) is 0 Å². The van der Waals surface area contributed by atoms with E-state index in [1.54, 1.807) is 13.8 Å². The van der Waals surface area contributed by atoms with Crippen molar-refractivity contribution >= 4 is 5.91 Å². The van der Waals surface area contributed by atoms with Crippen LogP contribution in [0, 0.1) is 5.92 Å². The molecule has 0 unspecified atom stereocenters. The number of hydrogen-bond acceptors (Lipinski definition) is 2. The van der Waals surface area contributed by atoms with Gasteiger partial charge in [-0.15, -0.1) is 0 Å². The molecule has 1 amide bonds. The summed E-state index contributed by atoms with van der Waals surface area (Å²) in [5.74, 6) is -0.128.